The minimum atomic E-state index is -3.90. The van der Waals surface area contributed by atoms with E-state index in [0.29, 0.717) is 5.41 Å². The number of likely N-dealkylation sites (tertiary alicyclic amines) is 2. The SMILES string of the molecule is C=CS(=O)(=O)O.O=C(CC(C(=O)O)(N1C(=O)CCC1=O)N1C(=O)CCC1=O)OCCO. The predicted octanol–water partition coefficient (Wildman–Crippen LogP) is -1.99. The highest BCUT2D eigenvalue weighted by atomic mass is 32.2. The van der Waals surface area contributed by atoms with Crippen molar-refractivity contribution in [3.63, 3.8) is 0 Å². The van der Waals surface area contributed by atoms with Gasteiger partial charge in [-0.25, -0.2) is 14.6 Å². The van der Waals surface area contributed by atoms with E-state index in [1.165, 1.54) is 0 Å². The van der Waals surface area contributed by atoms with Gasteiger partial charge in [-0.05, 0) is 0 Å². The van der Waals surface area contributed by atoms with Crippen molar-refractivity contribution in [2.45, 2.75) is 37.8 Å². The summed E-state index contributed by atoms with van der Waals surface area (Å²) in [6, 6.07) is 0. The van der Waals surface area contributed by atoms with Crippen LogP contribution in [0, 0.1) is 0 Å². The number of carbonyl (C=O) groups is 6. The normalized spacial score (nSPS) is 16.8. The van der Waals surface area contributed by atoms with Gasteiger partial charge in [-0.15, -0.1) is 0 Å². The molecule has 4 amide bonds. The van der Waals surface area contributed by atoms with Gasteiger partial charge in [-0.3, -0.25) is 28.5 Å². The van der Waals surface area contributed by atoms with Crippen molar-refractivity contribution >= 4 is 45.7 Å². The molecule has 0 bridgehead atoms. The zero-order valence-electron chi connectivity index (χ0n) is 16.1. The number of carbonyl (C=O) groups excluding carboxylic acids is 5. The number of nitrogens with zero attached hydrogens (tertiary/aromatic N) is 2. The number of carboxylic acids is 1. The van der Waals surface area contributed by atoms with Crippen LogP contribution >= 0.6 is 0 Å². The van der Waals surface area contributed by atoms with Crippen molar-refractivity contribution in [2.24, 2.45) is 0 Å². The van der Waals surface area contributed by atoms with Gasteiger partial charge in [0.1, 0.15) is 6.61 Å². The fourth-order valence-electron chi connectivity index (χ4n) is 2.92. The summed E-state index contributed by atoms with van der Waals surface area (Å²) in [4.78, 5) is 73.0. The second-order valence-electron chi connectivity index (χ2n) is 6.17. The third kappa shape index (κ3) is 5.93. The fourth-order valence-corrected chi connectivity index (χ4v) is 2.92. The standard InChI is InChI=1S/C14H16N2O9.C2H4O3S/c17-5-6-25-12(22)7-14(13(23)24,15-8(18)1-2-9(15)19)16-10(20)3-4-11(16)21;1-2-6(3,4)5/h17H,1-7H2,(H,23,24);2H,1H2,(H,3,4,5). The molecule has 0 aromatic rings. The van der Waals surface area contributed by atoms with Gasteiger partial charge in [0.05, 0.1) is 18.4 Å². The second kappa shape index (κ2) is 10.2. The van der Waals surface area contributed by atoms with Gasteiger partial charge in [0.2, 0.25) is 29.3 Å². The predicted molar refractivity (Wildman–Crippen MR) is 96.9 cm³/mol. The molecule has 0 spiro atoms. The minimum Gasteiger partial charge on any atom is -0.478 e. The van der Waals surface area contributed by atoms with Crippen LogP contribution in [0.25, 0.3) is 0 Å². The van der Waals surface area contributed by atoms with E-state index in [1.54, 1.807) is 0 Å². The largest absolute Gasteiger partial charge is 0.478 e. The summed E-state index contributed by atoms with van der Waals surface area (Å²) >= 11 is 0. The smallest absolute Gasteiger partial charge is 0.352 e. The lowest BCUT2D eigenvalue weighted by Crippen LogP contribution is -2.69. The maximum atomic E-state index is 12.1. The van der Waals surface area contributed by atoms with E-state index in [-0.39, 0.29) is 35.5 Å². The van der Waals surface area contributed by atoms with Crippen LogP contribution in [0.4, 0.5) is 0 Å². The number of ether oxygens (including phenoxy) is 1. The summed E-state index contributed by atoms with van der Waals surface area (Å²) in [6.07, 6.45) is -2.30. The van der Waals surface area contributed by atoms with Gasteiger partial charge < -0.3 is 14.9 Å². The maximum Gasteiger partial charge on any atom is 0.352 e. The van der Waals surface area contributed by atoms with Crippen LogP contribution in [-0.2, 0) is 43.6 Å². The van der Waals surface area contributed by atoms with Crippen molar-refractivity contribution in [3.05, 3.63) is 12.0 Å². The van der Waals surface area contributed by atoms with Gasteiger partial charge >= 0.3 is 11.9 Å². The van der Waals surface area contributed by atoms with Crippen molar-refractivity contribution in [1.29, 1.82) is 0 Å². The molecule has 2 aliphatic rings. The molecule has 31 heavy (non-hydrogen) atoms. The first-order chi connectivity index (χ1) is 14.3. The van der Waals surface area contributed by atoms with Crippen LogP contribution in [0.5, 0.6) is 0 Å². The molecule has 0 aliphatic carbocycles. The Morgan fingerprint density at radius 3 is 1.61 bits per heavy atom. The lowest BCUT2D eigenvalue weighted by Gasteiger charge is -2.41. The molecule has 14 nitrogen and oxygen atoms in total. The van der Waals surface area contributed by atoms with E-state index >= 15 is 0 Å². The number of rotatable bonds is 8. The molecule has 2 rings (SSSR count). The average Bonchev–Trinajstić information content (AvgIpc) is 3.19. The fraction of sp³-hybridized carbons (Fsp3) is 0.500. The van der Waals surface area contributed by atoms with E-state index in [1.807, 2.05) is 0 Å². The summed E-state index contributed by atoms with van der Waals surface area (Å²) in [7, 11) is -3.90. The molecule has 172 valence electrons. The molecule has 0 saturated carbocycles. The molecule has 2 aliphatic heterocycles. The van der Waals surface area contributed by atoms with Gasteiger partial charge in [0.25, 0.3) is 10.1 Å². The second-order valence-corrected chi connectivity index (χ2v) is 7.53. The van der Waals surface area contributed by atoms with Crippen LogP contribution < -0.4 is 0 Å². The number of amides is 4. The van der Waals surface area contributed by atoms with Crippen LogP contribution in [0.1, 0.15) is 32.1 Å². The number of aliphatic hydroxyl groups excluding tert-OH is 1. The zero-order chi connectivity index (χ0) is 24.0. The Hall–Kier alpha value is -3.17. The lowest BCUT2D eigenvalue weighted by molar-refractivity contribution is -0.186. The Morgan fingerprint density at radius 1 is 1.00 bits per heavy atom. The number of hydrogen-bond acceptors (Lipinski definition) is 10. The Balaban J connectivity index is 0.000000703. The Bertz CT molecular complexity index is 830. The minimum absolute atomic E-state index is 0.288. The molecule has 2 fully saturated rings. The topological polar surface area (TPSA) is 213 Å². The van der Waals surface area contributed by atoms with Crippen molar-refractivity contribution in [3.8, 4) is 0 Å². The van der Waals surface area contributed by atoms with E-state index in [2.05, 4.69) is 11.3 Å². The molecular weight excluding hydrogens is 444 g/mol. The first-order valence-corrected chi connectivity index (χ1v) is 10.1. The van der Waals surface area contributed by atoms with Gasteiger partial charge in [0.15, 0.2) is 0 Å². The van der Waals surface area contributed by atoms with E-state index in [9.17, 15) is 42.3 Å². The Morgan fingerprint density at radius 2 is 1.35 bits per heavy atom. The number of imide groups is 2. The first kappa shape index (κ1) is 25.9. The molecule has 0 aromatic carbocycles. The number of esters is 1. The number of aliphatic hydroxyl groups is 1. The third-order valence-electron chi connectivity index (χ3n) is 4.14. The molecule has 3 N–H and O–H groups in total. The molecular formula is C16H20N2O12S. The molecule has 0 aromatic heterocycles. The maximum absolute atomic E-state index is 12.1. The van der Waals surface area contributed by atoms with Crippen molar-refractivity contribution < 1.29 is 56.7 Å². The molecule has 0 unspecified atom stereocenters. The summed E-state index contributed by atoms with van der Waals surface area (Å²) in [5, 5.41) is 18.9. The quantitative estimate of drug-likeness (QED) is 0.202. The van der Waals surface area contributed by atoms with Crippen LogP contribution in [0.15, 0.2) is 12.0 Å². The average molecular weight is 464 g/mol. The van der Waals surface area contributed by atoms with Gasteiger partial charge in [-0.1, -0.05) is 6.58 Å². The third-order valence-corrected chi connectivity index (χ3v) is 4.56. The molecule has 0 radical (unpaired) electrons. The number of carboxylic acid groups (broad SMARTS) is 1. The lowest BCUT2D eigenvalue weighted by atomic mass is 10.0. The number of aliphatic carboxylic acids is 1. The van der Waals surface area contributed by atoms with Crippen molar-refractivity contribution in [1.82, 2.24) is 9.80 Å². The molecule has 15 heteroatoms. The van der Waals surface area contributed by atoms with Crippen molar-refractivity contribution in [2.75, 3.05) is 13.2 Å². The summed E-state index contributed by atoms with van der Waals surface area (Å²) in [5.41, 5.74) is -2.80. The Labute approximate surface area is 175 Å². The summed E-state index contributed by atoms with van der Waals surface area (Å²) in [5.74, 6) is -6.69. The molecule has 0 atom stereocenters. The Kier molecular flexibility index (Phi) is 8.54. The first-order valence-electron chi connectivity index (χ1n) is 8.63. The highest BCUT2D eigenvalue weighted by Crippen LogP contribution is 2.35. The zero-order valence-corrected chi connectivity index (χ0v) is 16.9. The molecule has 2 saturated heterocycles. The van der Waals surface area contributed by atoms with Crippen LogP contribution in [0.3, 0.4) is 0 Å². The van der Waals surface area contributed by atoms with Crippen LogP contribution in [-0.4, -0.2) is 87.4 Å². The highest BCUT2D eigenvalue weighted by molar-refractivity contribution is 7.88. The van der Waals surface area contributed by atoms with Gasteiger partial charge in [0, 0.05) is 25.7 Å². The van der Waals surface area contributed by atoms with E-state index in [4.69, 9.17) is 9.66 Å². The monoisotopic (exact) mass is 464 g/mol. The number of hydrogen-bond donors (Lipinski definition) is 3. The summed E-state index contributed by atoms with van der Waals surface area (Å²) < 4.78 is 31.2. The van der Waals surface area contributed by atoms with E-state index < -0.39 is 71.0 Å². The van der Waals surface area contributed by atoms with Crippen LogP contribution in [0.2, 0.25) is 0 Å². The summed E-state index contributed by atoms with van der Waals surface area (Å²) in [6.45, 7) is 1.82. The van der Waals surface area contributed by atoms with Gasteiger partial charge in [-0.2, -0.15) is 8.42 Å². The highest BCUT2D eigenvalue weighted by Gasteiger charge is 2.62. The van der Waals surface area contributed by atoms with E-state index in [0.717, 1.165) is 0 Å². The molecule has 2 heterocycles.